The molecule has 1 aliphatic rings. The highest BCUT2D eigenvalue weighted by atomic mass is 16.2. The van der Waals surface area contributed by atoms with E-state index in [1.165, 1.54) is 4.68 Å². The minimum absolute atomic E-state index is 0.00366. The maximum Gasteiger partial charge on any atom is 0.247 e. The van der Waals surface area contributed by atoms with Crippen LogP contribution in [0.4, 0.5) is 0 Å². The Morgan fingerprint density at radius 3 is 2.58 bits per heavy atom. The standard InChI is InChI=1S/C15H22N2O2/c1-5-7-13(19)17-11-8-15(3,4)9-12(18)14(11)10(6-2)16-17/h5-9H2,1-4H3. The first-order valence-electron chi connectivity index (χ1n) is 7.06. The minimum Gasteiger partial charge on any atom is -0.294 e. The van der Waals surface area contributed by atoms with Gasteiger partial charge >= 0.3 is 0 Å². The topological polar surface area (TPSA) is 52.0 Å². The quantitative estimate of drug-likeness (QED) is 0.841. The Labute approximate surface area is 114 Å². The van der Waals surface area contributed by atoms with Gasteiger partial charge in [0.15, 0.2) is 5.78 Å². The summed E-state index contributed by atoms with van der Waals surface area (Å²) >= 11 is 0. The molecule has 0 radical (unpaired) electrons. The number of ketones is 1. The lowest BCUT2D eigenvalue weighted by Crippen LogP contribution is -2.29. The number of rotatable bonds is 3. The molecule has 0 atom stereocenters. The van der Waals surface area contributed by atoms with Gasteiger partial charge in [-0.25, -0.2) is 4.68 Å². The van der Waals surface area contributed by atoms with E-state index < -0.39 is 0 Å². The zero-order valence-electron chi connectivity index (χ0n) is 12.2. The van der Waals surface area contributed by atoms with E-state index >= 15 is 0 Å². The van der Waals surface area contributed by atoms with E-state index in [1.807, 2.05) is 13.8 Å². The number of hydrogen-bond acceptors (Lipinski definition) is 3. The molecule has 4 heteroatoms. The van der Waals surface area contributed by atoms with Crippen molar-refractivity contribution in [3.8, 4) is 0 Å². The molecule has 1 aromatic rings. The average molecular weight is 262 g/mol. The predicted molar refractivity (Wildman–Crippen MR) is 73.6 cm³/mol. The number of aryl methyl sites for hydroxylation is 1. The molecule has 0 bridgehead atoms. The highest BCUT2D eigenvalue weighted by Crippen LogP contribution is 2.36. The van der Waals surface area contributed by atoms with Crippen LogP contribution >= 0.6 is 0 Å². The van der Waals surface area contributed by atoms with Gasteiger partial charge < -0.3 is 0 Å². The van der Waals surface area contributed by atoms with E-state index in [9.17, 15) is 9.59 Å². The monoisotopic (exact) mass is 262 g/mol. The summed E-state index contributed by atoms with van der Waals surface area (Å²) in [5.41, 5.74) is 2.24. The van der Waals surface area contributed by atoms with Gasteiger partial charge in [-0.3, -0.25) is 9.59 Å². The largest absolute Gasteiger partial charge is 0.294 e. The second-order valence-electron chi connectivity index (χ2n) is 6.12. The SMILES string of the molecule is CCCC(=O)n1nc(CC)c2c1CC(C)(C)CC2=O. The Hall–Kier alpha value is -1.45. The van der Waals surface area contributed by atoms with E-state index in [0.29, 0.717) is 24.8 Å². The van der Waals surface area contributed by atoms with Crippen molar-refractivity contribution in [1.82, 2.24) is 9.78 Å². The highest BCUT2D eigenvalue weighted by molar-refractivity contribution is 6.00. The summed E-state index contributed by atoms with van der Waals surface area (Å²) in [4.78, 5) is 24.5. The molecule has 104 valence electrons. The van der Waals surface area contributed by atoms with Crippen LogP contribution < -0.4 is 0 Å². The number of Topliss-reactive ketones (excluding diaryl/α,β-unsaturated/α-hetero) is 1. The number of aromatic nitrogens is 2. The molecule has 2 rings (SSSR count). The van der Waals surface area contributed by atoms with Gasteiger partial charge in [0.05, 0.1) is 17.0 Å². The van der Waals surface area contributed by atoms with Crippen molar-refractivity contribution in [3.05, 3.63) is 17.0 Å². The Balaban J connectivity index is 2.54. The number of hydrogen-bond donors (Lipinski definition) is 0. The van der Waals surface area contributed by atoms with Crippen molar-refractivity contribution in [3.63, 3.8) is 0 Å². The van der Waals surface area contributed by atoms with Gasteiger partial charge in [0.25, 0.3) is 0 Å². The zero-order valence-corrected chi connectivity index (χ0v) is 12.2. The van der Waals surface area contributed by atoms with Crippen molar-refractivity contribution >= 4 is 11.7 Å². The fourth-order valence-corrected chi connectivity index (χ4v) is 2.80. The summed E-state index contributed by atoms with van der Waals surface area (Å²) in [6.07, 6.45) is 3.26. The molecular weight excluding hydrogens is 240 g/mol. The van der Waals surface area contributed by atoms with Crippen LogP contribution in [-0.2, 0) is 12.8 Å². The lowest BCUT2D eigenvalue weighted by molar-refractivity contribution is 0.0871. The average Bonchev–Trinajstić information content (AvgIpc) is 2.66. The van der Waals surface area contributed by atoms with Crippen molar-refractivity contribution < 1.29 is 9.59 Å². The third-order valence-electron chi connectivity index (χ3n) is 3.65. The molecule has 0 saturated heterocycles. The van der Waals surface area contributed by atoms with Crippen molar-refractivity contribution in [2.45, 2.75) is 59.8 Å². The summed E-state index contributed by atoms with van der Waals surface area (Å²) in [5.74, 6) is 0.141. The third kappa shape index (κ3) is 2.48. The van der Waals surface area contributed by atoms with E-state index in [-0.39, 0.29) is 17.1 Å². The van der Waals surface area contributed by atoms with E-state index in [0.717, 1.165) is 24.2 Å². The number of carbonyl (C=O) groups excluding carboxylic acids is 2. The van der Waals surface area contributed by atoms with Crippen LogP contribution in [0.3, 0.4) is 0 Å². The van der Waals surface area contributed by atoms with Gasteiger partial charge in [-0.1, -0.05) is 27.7 Å². The fourth-order valence-electron chi connectivity index (χ4n) is 2.80. The summed E-state index contributed by atoms with van der Waals surface area (Å²) in [5, 5.41) is 4.39. The minimum atomic E-state index is -0.0840. The van der Waals surface area contributed by atoms with Gasteiger partial charge in [-0.15, -0.1) is 0 Å². The molecule has 1 aliphatic carbocycles. The normalized spacial score (nSPS) is 17.4. The second kappa shape index (κ2) is 4.91. The Bertz CT molecular complexity index is 526. The van der Waals surface area contributed by atoms with Crippen LogP contribution in [0.15, 0.2) is 0 Å². The van der Waals surface area contributed by atoms with Crippen LogP contribution in [0, 0.1) is 5.41 Å². The van der Waals surface area contributed by atoms with Crippen LogP contribution in [0.2, 0.25) is 0 Å². The van der Waals surface area contributed by atoms with Gasteiger partial charge in [0, 0.05) is 12.8 Å². The first-order chi connectivity index (χ1) is 8.89. The molecule has 0 fully saturated rings. The molecule has 0 aliphatic heterocycles. The van der Waals surface area contributed by atoms with Gasteiger partial charge in [-0.05, 0) is 24.7 Å². The Morgan fingerprint density at radius 2 is 2.00 bits per heavy atom. The van der Waals surface area contributed by atoms with Gasteiger partial charge in [0.1, 0.15) is 0 Å². The molecule has 4 nitrogen and oxygen atoms in total. The van der Waals surface area contributed by atoms with Gasteiger partial charge in [-0.2, -0.15) is 5.10 Å². The van der Waals surface area contributed by atoms with Crippen LogP contribution in [0.1, 0.15) is 73.5 Å². The molecule has 0 unspecified atom stereocenters. The smallest absolute Gasteiger partial charge is 0.247 e. The lowest BCUT2D eigenvalue weighted by Gasteiger charge is -2.28. The summed E-state index contributed by atoms with van der Waals surface area (Å²) in [6, 6.07) is 0. The maximum absolute atomic E-state index is 12.3. The van der Waals surface area contributed by atoms with Crippen molar-refractivity contribution in [1.29, 1.82) is 0 Å². The first kappa shape index (κ1) is 14.0. The van der Waals surface area contributed by atoms with Gasteiger partial charge in [0.2, 0.25) is 5.91 Å². The predicted octanol–water partition coefficient (Wildman–Crippen LogP) is 3.04. The van der Waals surface area contributed by atoms with E-state index in [4.69, 9.17) is 0 Å². The lowest BCUT2D eigenvalue weighted by atomic mass is 9.75. The summed E-state index contributed by atoms with van der Waals surface area (Å²) in [6.45, 7) is 8.09. The first-order valence-corrected chi connectivity index (χ1v) is 7.06. The number of nitrogens with zero attached hydrogens (tertiary/aromatic N) is 2. The molecule has 19 heavy (non-hydrogen) atoms. The molecule has 1 heterocycles. The maximum atomic E-state index is 12.3. The van der Waals surface area contributed by atoms with Crippen LogP contribution in [0.5, 0.6) is 0 Å². The molecule has 0 aromatic carbocycles. The second-order valence-corrected chi connectivity index (χ2v) is 6.12. The molecule has 1 aromatic heterocycles. The molecule has 0 saturated carbocycles. The molecular formula is C15H22N2O2. The number of fused-ring (bicyclic) bond motifs is 1. The Morgan fingerprint density at radius 1 is 1.32 bits per heavy atom. The third-order valence-corrected chi connectivity index (χ3v) is 3.65. The summed E-state index contributed by atoms with van der Waals surface area (Å²) < 4.78 is 1.50. The Kier molecular flexibility index (Phi) is 3.61. The highest BCUT2D eigenvalue weighted by Gasteiger charge is 2.36. The zero-order chi connectivity index (χ0) is 14.2. The van der Waals surface area contributed by atoms with Crippen LogP contribution in [0.25, 0.3) is 0 Å². The molecule has 0 spiro atoms. The molecule has 0 N–H and O–H groups in total. The van der Waals surface area contributed by atoms with E-state index in [2.05, 4.69) is 18.9 Å². The van der Waals surface area contributed by atoms with Crippen molar-refractivity contribution in [2.75, 3.05) is 0 Å². The van der Waals surface area contributed by atoms with E-state index in [1.54, 1.807) is 0 Å². The summed E-state index contributed by atoms with van der Waals surface area (Å²) in [7, 11) is 0. The van der Waals surface area contributed by atoms with Crippen LogP contribution in [-0.4, -0.2) is 21.5 Å². The fraction of sp³-hybridized carbons (Fsp3) is 0.667. The number of carbonyl (C=O) groups is 2. The van der Waals surface area contributed by atoms with Crippen molar-refractivity contribution in [2.24, 2.45) is 5.41 Å². The molecule has 0 amide bonds.